The Bertz CT molecular complexity index is 376. The summed E-state index contributed by atoms with van der Waals surface area (Å²) < 4.78 is 5.58. The maximum absolute atomic E-state index is 8.75. The van der Waals surface area contributed by atoms with Gasteiger partial charge in [0, 0.05) is 0 Å². The molecule has 1 rings (SSSR count). The molecule has 0 radical (unpaired) electrons. The highest BCUT2D eigenvalue weighted by atomic mass is 16.5. The molecule has 1 atom stereocenters. The fraction of sp³-hybridized carbons (Fsp3) is 0.500. The van der Waals surface area contributed by atoms with Crippen LogP contribution in [-0.2, 0) is 6.42 Å². The average molecular weight is 232 g/mol. The zero-order valence-corrected chi connectivity index (χ0v) is 10.6. The summed E-state index contributed by atoms with van der Waals surface area (Å²) in [7, 11) is 0. The summed E-state index contributed by atoms with van der Waals surface area (Å²) in [5, 5.41) is 8.75. The molecule has 3 nitrogen and oxygen atoms in total. The predicted molar refractivity (Wildman–Crippen MR) is 68.8 cm³/mol. The smallest absolute Gasteiger partial charge is 0.119 e. The Hall–Kier alpha value is -1.53. The Morgan fingerprint density at radius 3 is 2.53 bits per heavy atom. The minimum Gasteiger partial charge on any atom is -0.494 e. The lowest BCUT2D eigenvalue weighted by Crippen LogP contribution is -2.34. The number of nitrogens with zero attached hydrogens (tertiary/aromatic N) is 1. The van der Waals surface area contributed by atoms with Crippen LogP contribution in [0.3, 0.4) is 0 Å². The van der Waals surface area contributed by atoms with E-state index in [0.717, 1.165) is 18.6 Å². The van der Waals surface area contributed by atoms with Gasteiger partial charge in [0.05, 0.1) is 12.7 Å². The Labute approximate surface area is 103 Å². The van der Waals surface area contributed by atoms with Gasteiger partial charge < -0.3 is 10.5 Å². The van der Waals surface area contributed by atoms with Crippen molar-refractivity contribution >= 4 is 0 Å². The third-order valence-electron chi connectivity index (χ3n) is 2.70. The van der Waals surface area contributed by atoms with Gasteiger partial charge in [-0.1, -0.05) is 19.1 Å². The van der Waals surface area contributed by atoms with Gasteiger partial charge in [-0.05, 0) is 43.9 Å². The average Bonchev–Trinajstić information content (AvgIpc) is 2.35. The second-order valence-corrected chi connectivity index (χ2v) is 4.48. The van der Waals surface area contributed by atoms with Gasteiger partial charge >= 0.3 is 0 Å². The molecule has 0 aliphatic carbocycles. The van der Waals surface area contributed by atoms with Crippen molar-refractivity contribution in [2.45, 2.75) is 38.6 Å². The molecule has 0 saturated heterocycles. The Morgan fingerprint density at radius 2 is 2.00 bits per heavy atom. The predicted octanol–water partition coefficient (Wildman–Crippen LogP) is 2.65. The summed E-state index contributed by atoms with van der Waals surface area (Å²) in [6, 6.07) is 10.2. The first kappa shape index (κ1) is 13.5. The Morgan fingerprint density at radius 1 is 1.35 bits per heavy atom. The van der Waals surface area contributed by atoms with E-state index in [1.165, 1.54) is 5.56 Å². The van der Waals surface area contributed by atoms with E-state index in [-0.39, 0.29) is 0 Å². The lowest BCUT2D eigenvalue weighted by atomic mass is 10.00. The molecule has 0 amide bonds. The summed E-state index contributed by atoms with van der Waals surface area (Å²) in [6.45, 7) is 4.46. The van der Waals surface area contributed by atoms with Gasteiger partial charge in [-0.25, -0.2) is 0 Å². The lowest BCUT2D eigenvalue weighted by Gasteiger charge is -2.14. The van der Waals surface area contributed by atoms with Crippen LogP contribution in [-0.4, -0.2) is 12.1 Å². The minimum absolute atomic E-state index is 0.597. The van der Waals surface area contributed by atoms with Crippen LogP contribution in [0.2, 0.25) is 0 Å². The van der Waals surface area contributed by atoms with Crippen LogP contribution in [0.5, 0.6) is 5.75 Å². The first-order chi connectivity index (χ1) is 8.07. The van der Waals surface area contributed by atoms with Gasteiger partial charge in [0.25, 0.3) is 0 Å². The van der Waals surface area contributed by atoms with Gasteiger partial charge in [-0.2, -0.15) is 5.26 Å². The molecule has 3 heteroatoms. The first-order valence-electron chi connectivity index (χ1n) is 5.99. The maximum Gasteiger partial charge on any atom is 0.119 e. The standard InChI is InChI=1S/C14H20N2O/c1-3-12-5-7-13(8-6-12)17-10-4-9-14(2,16)11-15/h5-8H,3-4,9-10,16H2,1-2H3. The zero-order chi connectivity index (χ0) is 12.7. The van der Waals surface area contributed by atoms with E-state index < -0.39 is 5.54 Å². The summed E-state index contributed by atoms with van der Waals surface area (Å²) in [5.74, 6) is 0.873. The molecule has 92 valence electrons. The van der Waals surface area contributed by atoms with E-state index in [4.69, 9.17) is 15.7 Å². The SMILES string of the molecule is CCc1ccc(OCCCC(C)(N)C#N)cc1. The number of aryl methyl sites for hydroxylation is 1. The molecule has 0 aromatic heterocycles. The van der Waals surface area contributed by atoms with Crippen LogP contribution in [0, 0.1) is 11.3 Å². The van der Waals surface area contributed by atoms with E-state index >= 15 is 0 Å². The van der Waals surface area contributed by atoms with E-state index in [2.05, 4.69) is 25.1 Å². The van der Waals surface area contributed by atoms with Crippen LogP contribution >= 0.6 is 0 Å². The monoisotopic (exact) mass is 232 g/mol. The Kier molecular flexibility index (Phi) is 4.99. The van der Waals surface area contributed by atoms with Crippen molar-refractivity contribution < 1.29 is 4.74 Å². The van der Waals surface area contributed by atoms with E-state index in [1.54, 1.807) is 6.92 Å². The fourth-order valence-electron chi connectivity index (χ4n) is 1.51. The molecule has 0 saturated carbocycles. The highest BCUT2D eigenvalue weighted by Gasteiger charge is 2.15. The zero-order valence-electron chi connectivity index (χ0n) is 10.6. The third kappa shape index (κ3) is 4.88. The largest absolute Gasteiger partial charge is 0.494 e. The van der Waals surface area contributed by atoms with Gasteiger partial charge in [-0.15, -0.1) is 0 Å². The first-order valence-corrected chi connectivity index (χ1v) is 5.99. The number of benzene rings is 1. The third-order valence-corrected chi connectivity index (χ3v) is 2.70. The molecular weight excluding hydrogens is 212 g/mol. The topological polar surface area (TPSA) is 59.0 Å². The summed E-state index contributed by atoms with van der Waals surface area (Å²) in [6.07, 6.45) is 2.47. The van der Waals surface area contributed by atoms with Gasteiger partial charge in [0.2, 0.25) is 0 Å². The minimum atomic E-state index is -0.741. The van der Waals surface area contributed by atoms with E-state index in [9.17, 15) is 0 Å². The van der Waals surface area contributed by atoms with E-state index in [1.807, 2.05) is 12.1 Å². The molecule has 1 unspecified atom stereocenters. The van der Waals surface area contributed by atoms with Crippen molar-refractivity contribution in [3.63, 3.8) is 0 Å². The summed E-state index contributed by atoms with van der Waals surface area (Å²) >= 11 is 0. The molecule has 0 heterocycles. The quantitative estimate of drug-likeness (QED) is 0.767. The highest BCUT2D eigenvalue weighted by Crippen LogP contribution is 2.14. The van der Waals surface area contributed by atoms with Crippen molar-refractivity contribution in [3.05, 3.63) is 29.8 Å². The summed E-state index contributed by atoms with van der Waals surface area (Å²) in [5.41, 5.74) is 6.28. The second kappa shape index (κ2) is 6.27. The second-order valence-electron chi connectivity index (χ2n) is 4.48. The normalized spacial score (nSPS) is 13.8. The molecule has 2 N–H and O–H groups in total. The van der Waals surface area contributed by atoms with Gasteiger partial charge in [0.1, 0.15) is 11.3 Å². The number of hydrogen-bond acceptors (Lipinski definition) is 3. The molecule has 1 aromatic carbocycles. The van der Waals surface area contributed by atoms with Gasteiger partial charge in [-0.3, -0.25) is 0 Å². The van der Waals surface area contributed by atoms with Crippen molar-refractivity contribution in [2.75, 3.05) is 6.61 Å². The van der Waals surface area contributed by atoms with Crippen molar-refractivity contribution in [1.29, 1.82) is 5.26 Å². The molecular formula is C14H20N2O. The Balaban J connectivity index is 2.29. The number of ether oxygens (including phenoxy) is 1. The van der Waals surface area contributed by atoms with Crippen LogP contribution in [0.25, 0.3) is 0 Å². The van der Waals surface area contributed by atoms with E-state index in [0.29, 0.717) is 13.0 Å². The number of rotatable bonds is 6. The molecule has 0 fully saturated rings. The molecule has 0 spiro atoms. The molecule has 17 heavy (non-hydrogen) atoms. The number of nitriles is 1. The molecule has 0 aliphatic rings. The molecule has 0 bridgehead atoms. The van der Waals surface area contributed by atoms with Crippen LogP contribution in [0.15, 0.2) is 24.3 Å². The summed E-state index contributed by atoms with van der Waals surface area (Å²) in [4.78, 5) is 0. The van der Waals surface area contributed by atoms with Gasteiger partial charge in [0.15, 0.2) is 0 Å². The highest BCUT2D eigenvalue weighted by molar-refractivity contribution is 5.27. The number of hydrogen-bond donors (Lipinski definition) is 1. The molecule has 0 aliphatic heterocycles. The fourth-order valence-corrected chi connectivity index (χ4v) is 1.51. The van der Waals surface area contributed by atoms with Crippen LogP contribution < -0.4 is 10.5 Å². The van der Waals surface area contributed by atoms with Crippen molar-refractivity contribution in [1.82, 2.24) is 0 Å². The van der Waals surface area contributed by atoms with Crippen molar-refractivity contribution in [3.8, 4) is 11.8 Å². The van der Waals surface area contributed by atoms with Crippen molar-refractivity contribution in [2.24, 2.45) is 5.73 Å². The molecule has 1 aromatic rings. The number of nitrogens with two attached hydrogens (primary N) is 1. The van der Waals surface area contributed by atoms with Crippen LogP contribution in [0.1, 0.15) is 32.3 Å². The maximum atomic E-state index is 8.75. The lowest BCUT2D eigenvalue weighted by molar-refractivity contribution is 0.296. The van der Waals surface area contributed by atoms with Crippen LogP contribution in [0.4, 0.5) is 0 Å².